The van der Waals surface area contributed by atoms with E-state index >= 15 is 0 Å². The summed E-state index contributed by atoms with van der Waals surface area (Å²) in [6, 6.07) is 7.10. The van der Waals surface area contributed by atoms with Crippen LogP contribution in [-0.4, -0.2) is 39.0 Å². The third-order valence-corrected chi connectivity index (χ3v) is 4.88. The number of aromatic nitrogens is 2. The van der Waals surface area contributed by atoms with E-state index < -0.39 is 5.60 Å². The molecule has 1 aliphatic rings. The predicted octanol–water partition coefficient (Wildman–Crippen LogP) is 3.63. The molecule has 2 heterocycles. The van der Waals surface area contributed by atoms with Crippen molar-refractivity contribution in [2.75, 3.05) is 13.1 Å². The Balaban J connectivity index is 1.54. The third-order valence-electron chi connectivity index (χ3n) is 4.63. The average molecular weight is 362 g/mol. The van der Waals surface area contributed by atoms with Crippen molar-refractivity contribution in [3.05, 3.63) is 48.0 Å². The number of carbonyl (C=O) groups excluding carboxylic acids is 1. The first kappa shape index (κ1) is 17.8. The summed E-state index contributed by atoms with van der Waals surface area (Å²) in [5, 5.41) is 0.649. The van der Waals surface area contributed by atoms with E-state index in [0.29, 0.717) is 16.7 Å². The molecular formula is C19H24ClN3O2. The molecule has 0 unspecified atom stereocenters. The molecule has 0 N–H and O–H groups in total. The highest BCUT2D eigenvalue weighted by Crippen LogP contribution is 2.25. The smallest absolute Gasteiger partial charge is 0.266 e. The molecule has 0 saturated carbocycles. The monoisotopic (exact) mass is 361 g/mol. The van der Waals surface area contributed by atoms with Crippen LogP contribution in [0.1, 0.15) is 26.7 Å². The molecule has 3 rings (SSSR count). The summed E-state index contributed by atoms with van der Waals surface area (Å²) < 4.78 is 8.03. The Morgan fingerprint density at radius 3 is 2.56 bits per heavy atom. The van der Waals surface area contributed by atoms with Crippen LogP contribution in [0.15, 0.2) is 43.0 Å². The number of amides is 1. The van der Waals surface area contributed by atoms with Gasteiger partial charge in [0.25, 0.3) is 5.91 Å². The molecule has 0 atom stereocenters. The molecular weight excluding hydrogens is 338 g/mol. The number of piperidine rings is 1. The third kappa shape index (κ3) is 4.54. The van der Waals surface area contributed by atoms with E-state index in [2.05, 4.69) is 9.55 Å². The standard InChI is InChI=1S/C19H24ClN3O2/c1-19(2,25-17-5-3-16(20)4-6-17)18(24)23-10-7-15(8-11-23)13-22-12-9-21-14-22/h3-6,9,12,14-15H,7-8,10-11,13H2,1-2H3. The first-order valence-electron chi connectivity index (χ1n) is 8.64. The average Bonchev–Trinajstić information content (AvgIpc) is 3.10. The van der Waals surface area contributed by atoms with Gasteiger partial charge in [-0.25, -0.2) is 4.98 Å². The maximum Gasteiger partial charge on any atom is 0.266 e. The molecule has 5 nitrogen and oxygen atoms in total. The van der Waals surface area contributed by atoms with Gasteiger partial charge in [-0.15, -0.1) is 0 Å². The van der Waals surface area contributed by atoms with E-state index in [4.69, 9.17) is 16.3 Å². The Hall–Kier alpha value is -2.01. The SMILES string of the molecule is CC(C)(Oc1ccc(Cl)cc1)C(=O)N1CCC(Cn2ccnc2)CC1. The Bertz CT molecular complexity index is 690. The van der Waals surface area contributed by atoms with Crippen molar-refractivity contribution in [1.82, 2.24) is 14.5 Å². The lowest BCUT2D eigenvalue weighted by Gasteiger charge is -2.37. The van der Waals surface area contributed by atoms with Crippen LogP contribution in [0.25, 0.3) is 0 Å². The van der Waals surface area contributed by atoms with Gasteiger partial charge in [-0.05, 0) is 56.9 Å². The number of hydrogen-bond acceptors (Lipinski definition) is 3. The van der Waals surface area contributed by atoms with Crippen LogP contribution in [0.3, 0.4) is 0 Å². The van der Waals surface area contributed by atoms with Gasteiger partial charge in [-0.3, -0.25) is 4.79 Å². The van der Waals surface area contributed by atoms with Crippen molar-refractivity contribution in [2.45, 2.75) is 38.8 Å². The zero-order valence-corrected chi connectivity index (χ0v) is 15.4. The maximum atomic E-state index is 12.9. The van der Waals surface area contributed by atoms with Crippen LogP contribution in [0, 0.1) is 5.92 Å². The molecule has 1 aliphatic heterocycles. The number of rotatable bonds is 5. The van der Waals surface area contributed by atoms with Gasteiger partial charge in [0.15, 0.2) is 5.60 Å². The van der Waals surface area contributed by atoms with E-state index in [1.807, 2.05) is 31.3 Å². The summed E-state index contributed by atoms with van der Waals surface area (Å²) in [6.07, 6.45) is 7.64. The molecule has 1 aromatic carbocycles. The fourth-order valence-electron chi connectivity index (χ4n) is 3.23. The van der Waals surface area contributed by atoms with E-state index in [0.717, 1.165) is 32.5 Å². The van der Waals surface area contributed by atoms with E-state index in [1.165, 1.54) is 0 Å². The minimum atomic E-state index is -0.898. The van der Waals surface area contributed by atoms with Crippen LogP contribution in [0.5, 0.6) is 5.75 Å². The van der Waals surface area contributed by atoms with Gasteiger partial charge < -0.3 is 14.2 Å². The highest BCUT2D eigenvalue weighted by Gasteiger charge is 2.36. The normalized spacial score (nSPS) is 16.0. The zero-order chi connectivity index (χ0) is 17.9. The number of carbonyl (C=O) groups is 1. The lowest BCUT2D eigenvalue weighted by atomic mass is 9.95. The molecule has 25 heavy (non-hydrogen) atoms. The molecule has 0 spiro atoms. The summed E-state index contributed by atoms with van der Waals surface area (Å²) in [5.74, 6) is 1.26. The summed E-state index contributed by atoms with van der Waals surface area (Å²) in [7, 11) is 0. The van der Waals surface area contributed by atoms with Crippen molar-refractivity contribution in [3.63, 3.8) is 0 Å². The maximum absolute atomic E-state index is 12.9. The number of nitrogens with zero attached hydrogens (tertiary/aromatic N) is 3. The molecule has 134 valence electrons. The Kier molecular flexibility index (Phi) is 5.33. The zero-order valence-electron chi connectivity index (χ0n) is 14.7. The molecule has 6 heteroatoms. The Morgan fingerprint density at radius 1 is 1.28 bits per heavy atom. The largest absolute Gasteiger partial charge is 0.478 e. The van der Waals surface area contributed by atoms with Gasteiger partial charge in [0.2, 0.25) is 0 Å². The number of imidazole rings is 1. The predicted molar refractivity (Wildman–Crippen MR) is 97.7 cm³/mol. The first-order chi connectivity index (χ1) is 11.9. The lowest BCUT2D eigenvalue weighted by Crippen LogP contribution is -2.51. The fraction of sp³-hybridized carbons (Fsp3) is 0.474. The van der Waals surface area contributed by atoms with Gasteiger partial charge in [0, 0.05) is 37.1 Å². The van der Waals surface area contributed by atoms with E-state index in [-0.39, 0.29) is 5.91 Å². The number of ether oxygens (including phenoxy) is 1. The van der Waals surface area contributed by atoms with Crippen molar-refractivity contribution < 1.29 is 9.53 Å². The van der Waals surface area contributed by atoms with Gasteiger partial charge >= 0.3 is 0 Å². The highest BCUT2D eigenvalue weighted by molar-refractivity contribution is 6.30. The second-order valence-electron chi connectivity index (χ2n) is 7.06. The van der Waals surface area contributed by atoms with Crippen LogP contribution in [0.4, 0.5) is 0 Å². The molecule has 2 aromatic rings. The summed E-state index contributed by atoms with van der Waals surface area (Å²) >= 11 is 5.90. The minimum absolute atomic E-state index is 0.0310. The second kappa shape index (κ2) is 7.48. The fourth-order valence-corrected chi connectivity index (χ4v) is 3.36. The van der Waals surface area contributed by atoms with Gasteiger partial charge in [-0.1, -0.05) is 11.6 Å². The number of hydrogen-bond donors (Lipinski definition) is 0. The summed E-state index contributed by atoms with van der Waals surface area (Å²) in [4.78, 5) is 18.9. The van der Waals surface area contributed by atoms with Crippen LogP contribution in [0.2, 0.25) is 5.02 Å². The quantitative estimate of drug-likeness (QED) is 0.817. The van der Waals surface area contributed by atoms with Crippen LogP contribution < -0.4 is 4.74 Å². The summed E-state index contributed by atoms with van der Waals surface area (Å²) in [5.41, 5.74) is -0.898. The molecule has 1 aromatic heterocycles. The van der Waals surface area contributed by atoms with Crippen molar-refractivity contribution in [1.29, 1.82) is 0 Å². The molecule has 1 amide bonds. The molecule has 0 radical (unpaired) electrons. The van der Waals surface area contributed by atoms with Gasteiger partial charge in [0.05, 0.1) is 6.33 Å². The Labute approximate surface area is 153 Å². The lowest BCUT2D eigenvalue weighted by molar-refractivity contribution is -0.147. The second-order valence-corrected chi connectivity index (χ2v) is 7.50. The number of likely N-dealkylation sites (tertiary alicyclic amines) is 1. The van der Waals surface area contributed by atoms with Crippen molar-refractivity contribution >= 4 is 17.5 Å². The van der Waals surface area contributed by atoms with Crippen molar-refractivity contribution in [3.8, 4) is 5.75 Å². The molecule has 1 fully saturated rings. The minimum Gasteiger partial charge on any atom is -0.478 e. The topological polar surface area (TPSA) is 47.4 Å². The molecule has 0 aliphatic carbocycles. The Morgan fingerprint density at radius 2 is 1.96 bits per heavy atom. The number of benzene rings is 1. The van der Waals surface area contributed by atoms with E-state index in [1.54, 1.807) is 30.5 Å². The molecule has 0 bridgehead atoms. The molecule has 1 saturated heterocycles. The highest BCUT2D eigenvalue weighted by atomic mass is 35.5. The van der Waals surface area contributed by atoms with Crippen LogP contribution >= 0.6 is 11.6 Å². The van der Waals surface area contributed by atoms with Crippen molar-refractivity contribution in [2.24, 2.45) is 5.92 Å². The number of halogens is 1. The summed E-state index contributed by atoms with van der Waals surface area (Å²) in [6.45, 7) is 6.15. The van der Waals surface area contributed by atoms with E-state index in [9.17, 15) is 4.79 Å². The van der Waals surface area contributed by atoms with Gasteiger partial charge in [0.1, 0.15) is 5.75 Å². The van der Waals surface area contributed by atoms with Crippen LogP contribution in [-0.2, 0) is 11.3 Å². The first-order valence-corrected chi connectivity index (χ1v) is 9.01. The van der Waals surface area contributed by atoms with Gasteiger partial charge in [-0.2, -0.15) is 0 Å².